The number of aryl methyl sites for hydroxylation is 1. The number of nitro benzene ring substituents is 1. The summed E-state index contributed by atoms with van der Waals surface area (Å²) < 4.78 is 0. The lowest BCUT2D eigenvalue weighted by atomic mass is 10.1. The van der Waals surface area contributed by atoms with Crippen molar-refractivity contribution in [3.63, 3.8) is 0 Å². The number of ketones is 1. The second-order valence-corrected chi connectivity index (χ2v) is 3.67. The smallest absolute Gasteiger partial charge is 0.269 e. The number of hydrogen-bond acceptors (Lipinski definition) is 3. The molecule has 0 bridgehead atoms. The van der Waals surface area contributed by atoms with Crippen molar-refractivity contribution in [2.24, 2.45) is 0 Å². The highest BCUT2D eigenvalue weighted by atomic mass is 16.6. The van der Waals surface area contributed by atoms with E-state index in [0.29, 0.717) is 12.8 Å². The molecule has 0 unspecified atom stereocenters. The third kappa shape index (κ3) is 3.81. The van der Waals surface area contributed by atoms with Crippen molar-refractivity contribution in [3.8, 4) is 0 Å². The van der Waals surface area contributed by atoms with Crippen LogP contribution in [0.2, 0.25) is 0 Å². The molecule has 1 aromatic rings. The minimum atomic E-state index is -0.412. The highest BCUT2D eigenvalue weighted by molar-refractivity contribution is 5.77. The Bertz CT molecular complexity index is 370. The van der Waals surface area contributed by atoms with E-state index in [4.69, 9.17) is 0 Å². The molecule has 0 N–H and O–H groups in total. The van der Waals surface area contributed by atoms with Gasteiger partial charge >= 0.3 is 0 Å². The summed E-state index contributed by atoms with van der Waals surface area (Å²) in [4.78, 5) is 21.1. The van der Waals surface area contributed by atoms with Crippen molar-refractivity contribution in [3.05, 3.63) is 39.9 Å². The molecular formula is C12H15NO3. The van der Waals surface area contributed by atoms with E-state index >= 15 is 0 Å². The number of carbonyl (C=O) groups excluding carboxylic acids is 1. The van der Waals surface area contributed by atoms with E-state index < -0.39 is 4.92 Å². The van der Waals surface area contributed by atoms with E-state index in [2.05, 4.69) is 0 Å². The third-order valence-electron chi connectivity index (χ3n) is 2.46. The second kappa shape index (κ2) is 6.00. The highest BCUT2D eigenvalue weighted by Crippen LogP contribution is 2.13. The van der Waals surface area contributed by atoms with Crippen LogP contribution in [0.4, 0.5) is 5.69 Å². The number of rotatable bonds is 6. The van der Waals surface area contributed by atoms with E-state index in [1.54, 1.807) is 12.1 Å². The Morgan fingerprint density at radius 1 is 1.31 bits per heavy atom. The number of Topliss-reactive ketones (excluding diaryl/α,β-unsaturated/α-hetero) is 1. The lowest BCUT2D eigenvalue weighted by Crippen LogP contribution is -1.96. The van der Waals surface area contributed by atoms with E-state index in [1.165, 1.54) is 12.1 Å². The molecule has 0 spiro atoms. The van der Waals surface area contributed by atoms with Gasteiger partial charge < -0.3 is 0 Å². The molecule has 0 aromatic heterocycles. The van der Waals surface area contributed by atoms with Gasteiger partial charge in [0.1, 0.15) is 5.78 Å². The standard InChI is InChI=1S/C12H15NO3/c1-2-12(14)5-3-4-10-6-8-11(9-7-10)13(15)16/h6-9H,2-5H2,1H3. The van der Waals surface area contributed by atoms with E-state index in [0.717, 1.165) is 18.4 Å². The number of nitro groups is 1. The average Bonchev–Trinajstić information content (AvgIpc) is 2.29. The molecule has 0 amide bonds. The van der Waals surface area contributed by atoms with Gasteiger partial charge in [0.25, 0.3) is 5.69 Å². The van der Waals surface area contributed by atoms with Gasteiger partial charge in [0, 0.05) is 25.0 Å². The van der Waals surface area contributed by atoms with E-state index in [-0.39, 0.29) is 11.5 Å². The van der Waals surface area contributed by atoms with Crippen LogP contribution in [0, 0.1) is 10.1 Å². The lowest BCUT2D eigenvalue weighted by Gasteiger charge is -2.00. The maximum atomic E-state index is 11.1. The van der Waals surface area contributed by atoms with Gasteiger partial charge in [-0.2, -0.15) is 0 Å². The average molecular weight is 221 g/mol. The SMILES string of the molecule is CCC(=O)CCCc1ccc([N+](=O)[O-])cc1. The molecular weight excluding hydrogens is 206 g/mol. The summed E-state index contributed by atoms with van der Waals surface area (Å²) >= 11 is 0. The van der Waals surface area contributed by atoms with Crippen LogP contribution in [0.25, 0.3) is 0 Å². The van der Waals surface area contributed by atoms with Crippen LogP contribution in [-0.4, -0.2) is 10.7 Å². The Morgan fingerprint density at radius 2 is 1.94 bits per heavy atom. The molecule has 16 heavy (non-hydrogen) atoms. The first-order valence-corrected chi connectivity index (χ1v) is 5.38. The molecule has 0 heterocycles. The Hall–Kier alpha value is -1.71. The summed E-state index contributed by atoms with van der Waals surface area (Å²) in [7, 11) is 0. The maximum absolute atomic E-state index is 11.1. The molecule has 86 valence electrons. The minimum Gasteiger partial charge on any atom is -0.300 e. The van der Waals surface area contributed by atoms with Gasteiger partial charge in [0.2, 0.25) is 0 Å². The van der Waals surface area contributed by atoms with Crippen LogP contribution in [0.1, 0.15) is 31.7 Å². The maximum Gasteiger partial charge on any atom is 0.269 e. The molecule has 1 rings (SSSR count). The quantitative estimate of drug-likeness (QED) is 0.548. The molecule has 0 atom stereocenters. The van der Waals surface area contributed by atoms with Gasteiger partial charge in [-0.1, -0.05) is 19.1 Å². The van der Waals surface area contributed by atoms with Crippen LogP contribution in [0.3, 0.4) is 0 Å². The van der Waals surface area contributed by atoms with Gasteiger partial charge in [-0.05, 0) is 18.4 Å². The van der Waals surface area contributed by atoms with Gasteiger partial charge in [0.05, 0.1) is 4.92 Å². The highest BCUT2D eigenvalue weighted by Gasteiger charge is 2.04. The van der Waals surface area contributed by atoms with Crippen LogP contribution < -0.4 is 0 Å². The van der Waals surface area contributed by atoms with Gasteiger partial charge in [-0.3, -0.25) is 14.9 Å². The largest absolute Gasteiger partial charge is 0.300 e. The van der Waals surface area contributed by atoms with Crippen molar-refractivity contribution in [1.29, 1.82) is 0 Å². The Labute approximate surface area is 94.4 Å². The molecule has 4 heteroatoms. The minimum absolute atomic E-state index is 0.105. The topological polar surface area (TPSA) is 60.2 Å². The number of non-ortho nitro benzene ring substituents is 1. The zero-order valence-electron chi connectivity index (χ0n) is 9.31. The molecule has 0 aliphatic carbocycles. The first-order valence-electron chi connectivity index (χ1n) is 5.38. The van der Waals surface area contributed by atoms with Gasteiger partial charge in [-0.25, -0.2) is 0 Å². The number of nitrogens with zero attached hydrogens (tertiary/aromatic N) is 1. The lowest BCUT2D eigenvalue weighted by molar-refractivity contribution is -0.384. The molecule has 0 fully saturated rings. The van der Waals surface area contributed by atoms with E-state index in [1.807, 2.05) is 6.92 Å². The van der Waals surface area contributed by atoms with Crippen molar-refractivity contribution >= 4 is 11.5 Å². The van der Waals surface area contributed by atoms with Gasteiger partial charge in [-0.15, -0.1) is 0 Å². The zero-order chi connectivity index (χ0) is 12.0. The van der Waals surface area contributed by atoms with Crippen molar-refractivity contribution < 1.29 is 9.72 Å². The number of benzene rings is 1. The van der Waals surface area contributed by atoms with Gasteiger partial charge in [0.15, 0.2) is 0 Å². The predicted molar refractivity (Wildman–Crippen MR) is 61.3 cm³/mol. The summed E-state index contributed by atoms with van der Waals surface area (Å²) in [5, 5.41) is 10.4. The molecule has 4 nitrogen and oxygen atoms in total. The monoisotopic (exact) mass is 221 g/mol. The summed E-state index contributed by atoms with van der Waals surface area (Å²) in [5.41, 5.74) is 1.14. The normalized spacial score (nSPS) is 10.1. The Morgan fingerprint density at radius 3 is 2.44 bits per heavy atom. The van der Waals surface area contributed by atoms with Crippen LogP contribution in [0.15, 0.2) is 24.3 Å². The number of carbonyl (C=O) groups is 1. The molecule has 0 radical (unpaired) electrons. The summed E-state index contributed by atoms with van der Waals surface area (Å²) in [6, 6.07) is 6.48. The van der Waals surface area contributed by atoms with Crippen LogP contribution in [-0.2, 0) is 11.2 Å². The molecule has 0 aliphatic rings. The molecule has 0 saturated carbocycles. The van der Waals surface area contributed by atoms with Crippen LogP contribution >= 0.6 is 0 Å². The summed E-state index contributed by atoms with van der Waals surface area (Å²) in [6.45, 7) is 1.86. The second-order valence-electron chi connectivity index (χ2n) is 3.67. The van der Waals surface area contributed by atoms with Crippen molar-refractivity contribution in [2.75, 3.05) is 0 Å². The first kappa shape index (κ1) is 12.4. The molecule has 0 saturated heterocycles. The summed E-state index contributed by atoms with van der Waals surface area (Å²) in [6.07, 6.45) is 2.78. The van der Waals surface area contributed by atoms with Crippen molar-refractivity contribution in [2.45, 2.75) is 32.6 Å². The van der Waals surface area contributed by atoms with Crippen molar-refractivity contribution in [1.82, 2.24) is 0 Å². The fraction of sp³-hybridized carbons (Fsp3) is 0.417. The first-order chi connectivity index (χ1) is 7.63. The molecule has 1 aromatic carbocycles. The fourth-order valence-electron chi connectivity index (χ4n) is 1.45. The Kier molecular flexibility index (Phi) is 4.64. The number of hydrogen-bond donors (Lipinski definition) is 0. The Balaban J connectivity index is 2.43. The molecule has 0 aliphatic heterocycles. The van der Waals surface area contributed by atoms with E-state index in [9.17, 15) is 14.9 Å². The predicted octanol–water partition coefficient (Wildman–Crippen LogP) is 2.90. The zero-order valence-corrected chi connectivity index (χ0v) is 9.31. The van der Waals surface area contributed by atoms with Crippen LogP contribution in [0.5, 0.6) is 0 Å². The third-order valence-corrected chi connectivity index (χ3v) is 2.46. The fourth-order valence-corrected chi connectivity index (χ4v) is 1.45. The summed E-state index contributed by atoms with van der Waals surface area (Å²) in [5.74, 6) is 0.266.